The summed E-state index contributed by atoms with van der Waals surface area (Å²) in [5, 5.41) is 9.18. The maximum absolute atomic E-state index is 12.3. The average Bonchev–Trinajstić information content (AvgIpc) is 2.54. The molecule has 1 aliphatic rings. The molecule has 6 nitrogen and oxygen atoms in total. The average molecular weight is 379 g/mol. The zero-order valence-corrected chi connectivity index (χ0v) is 16.0. The molecule has 1 fully saturated rings. The quantitative estimate of drug-likeness (QED) is 0.586. The Kier molecular flexibility index (Phi) is 6.14. The topological polar surface area (TPSA) is 79.6 Å². The van der Waals surface area contributed by atoms with E-state index >= 15 is 0 Å². The molecule has 2 rings (SSSR count). The van der Waals surface area contributed by atoms with Crippen molar-refractivity contribution in [2.24, 2.45) is 0 Å². The summed E-state index contributed by atoms with van der Waals surface area (Å²) >= 11 is 6.12. The van der Waals surface area contributed by atoms with Crippen LogP contribution in [0.2, 0.25) is 5.02 Å². The van der Waals surface area contributed by atoms with E-state index < -0.39 is 17.0 Å². The Labute approximate surface area is 158 Å². The molecule has 0 radical (unpaired) electrons. The van der Waals surface area contributed by atoms with Crippen LogP contribution in [0.3, 0.4) is 0 Å². The van der Waals surface area contributed by atoms with Crippen molar-refractivity contribution in [3.05, 3.63) is 34.9 Å². The smallest absolute Gasteiger partial charge is 0.410 e. The predicted octanol–water partition coefficient (Wildman–Crippen LogP) is 4.02. The summed E-state index contributed by atoms with van der Waals surface area (Å²) in [6, 6.07) is 7.33. The maximum Gasteiger partial charge on any atom is 0.410 e. The van der Waals surface area contributed by atoms with Crippen LogP contribution in [0.25, 0.3) is 0 Å². The Hall–Kier alpha value is -2.26. The number of likely N-dealkylation sites (tertiary alicyclic amines) is 1. The van der Waals surface area contributed by atoms with Crippen molar-refractivity contribution in [3.63, 3.8) is 0 Å². The van der Waals surface area contributed by atoms with E-state index in [1.165, 1.54) is 6.26 Å². The zero-order valence-electron chi connectivity index (χ0n) is 15.3. The molecule has 1 aliphatic heterocycles. The minimum atomic E-state index is -0.585. The van der Waals surface area contributed by atoms with Gasteiger partial charge in [0.1, 0.15) is 5.60 Å². The van der Waals surface area contributed by atoms with Gasteiger partial charge in [-0.25, -0.2) is 4.79 Å². The second-order valence-corrected chi connectivity index (χ2v) is 7.94. The van der Waals surface area contributed by atoms with Gasteiger partial charge in [0.2, 0.25) is 0 Å². The van der Waals surface area contributed by atoms with Crippen LogP contribution in [-0.2, 0) is 19.7 Å². The minimum absolute atomic E-state index is 0.0586. The molecule has 140 valence electrons. The molecule has 26 heavy (non-hydrogen) atoms. The molecule has 1 aromatic carbocycles. The first kappa shape index (κ1) is 20.1. The van der Waals surface area contributed by atoms with Crippen LogP contribution in [0.15, 0.2) is 24.3 Å². The lowest BCUT2D eigenvalue weighted by Gasteiger charge is -2.41. The van der Waals surface area contributed by atoms with Gasteiger partial charge in [0.05, 0.1) is 6.42 Å². The number of ether oxygens (including phenoxy) is 2. The van der Waals surface area contributed by atoms with E-state index in [9.17, 15) is 9.59 Å². The summed E-state index contributed by atoms with van der Waals surface area (Å²) in [5.41, 5.74) is -0.185. The molecule has 0 aromatic heterocycles. The van der Waals surface area contributed by atoms with Gasteiger partial charge in [0.25, 0.3) is 6.26 Å². The summed E-state index contributed by atoms with van der Waals surface area (Å²) < 4.78 is 9.91. The number of halogens is 1. The molecule has 1 saturated heterocycles. The molecule has 0 unspecified atom stereocenters. The molecule has 0 N–H and O–H groups in total. The fraction of sp³-hybridized carbons (Fsp3) is 0.526. The van der Waals surface area contributed by atoms with E-state index in [4.69, 9.17) is 21.6 Å². The summed E-state index contributed by atoms with van der Waals surface area (Å²) in [6.07, 6.45) is 2.22. The van der Waals surface area contributed by atoms with E-state index in [2.05, 4.69) is 4.74 Å². The molecule has 1 aromatic rings. The van der Waals surface area contributed by atoms with Gasteiger partial charge >= 0.3 is 12.1 Å². The van der Waals surface area contributed by atoms with Crippen LogP contribution in [0.5, 0.6) is 0 Å². The number of hydrogen-bond donors (Lipinski definition) is 0. The van der Waals surface area contributed by atoms with Crippen LogP contribution in [0.4, 0.5) is 4.79 Å². The molecule has 0 spiro atoms. The summed E-state index contributed by atoms with van der Waals surface area (Å²) in [4.78, 5) is 25.9. The van der Waals surface area contributed by atoms with Gasteiger partial charge in [-0.15, -0.1) is 5.26 Å². The summed E-state index contributed by atoms with van der Waals surface area (Å²) in [5.74, 6) is -0.585. The fourth-order valence-electron chi connectivity index (χ4n) is 3.19. The highest BCUT2D eigenvalue weighted by atomic mass is 35.5. The lowest BCUT2D eigenvalue weighted by atomic mass is 9.70. The van der Waals surface area contributed by atoms with Crippen molar-refractivity contribution in [2.75, 3.05) is 13.1 Å². The Morgan fingerprint density at radius 1 is 1.31 bits per heavy atom. The van der Waals surface area contributed by atoms with Gasteiger partial charge in [-0.3, -0.25) is 4.79 Å². The number of piperidine rings is 1. The van der Waals surface area contributed by atoms with Crippen LogP contribution in [0.1, 0.15) is 45.6 Å². The maximum atomic E-state index is 12.3. The molecular weight excluding hydrogens is 356 g/mol. The fourth-order valence-corrected chi connectivity index (χ4v) is 3.38. The van der Waals surface area contributed by atoms with Crippen molar-refractivity contribution in [1.29, 1.82) is 5.26 Å². The Bertz CT molecular complexity index is 713. The molecular formula is C19H23ClN2O4. The number of rotatable bonds is 3. The molecule has 0 bridgehead atoms. The van der Waals surface area contributed by atoms with Gasteiger partial charge in [-0.1, -0.05) is 23.7 Å². The van der Waals surface area contributed by atoms with E-state index in [1.54, 1.807) is 11.0 Å². The molecule has 0 aliphatic carbocycles. The van der Waals surface area contributed by atoms with Gasteiger partial charge < -0.3 is 14.4 Å². The van der Waals surface area contributed by atoms with Crippen molar-refractivity contribution >= 4 is 23.7 Å². The lowest BCUT2D eigenvalue weighted by molar-refractivity contribution is -0.139. The third-order valence-electron chi connectivity index (χ3n) is 4.45. The highest BCUT2D eigenvalue weighted by molar-refractivity contribution is 6.30. The van der Waals surface area contributed by atoms with E-state index in [0.29, 0.717) is 31.0 Å². The molecule has 0 atom stereocenters. The van der Waals surface area contributed by atoms with Gasteiger partial charge in [0.15, 0.2) is 0 Å². The third-order valence-corrected chi connectivity index (χ3v) is 4.69. The van der Waals surface area contributed by atoms with Crippen molar-refractivity contribution in [2.45, 2.75) is 51.0 Å². The van der Waals surface area contributed by atoms with Crippen LogP contribution in [-0.4, -0.2) is 35.7 Å². The SMILES string of the molecule is CC(C)(C)OC(=O)N1CCC(CC(=O)OC#N)(c2cccc(Cl)c2)CC1. The van der Waals surface area contributed by atoms with E-state index in [-0.39, 0.29) is 12.5 Å². The molecule has 7 heteroatoms. The number of esters is 1. The largest absolute Gasteiger partial charge is 0.444 e. The first-order valence-electron chi connectivity index (χ1n) is 8.48. The lowest BCUT2D eigenvalue weighted by Crippen LogP contribution is -2.47. The van der Waals surface area contributed by atoms with Gasteiger partial charge in [0, 0.05) is 23.5 Å². The number of benzene rings is 1. The number of hydrogen-bond acceptors (Lipinski definition) is 5. The van der Waals surface area contributed by atoms with E-state index in [0.717, 1.165) is 5.56 Å². The minimum Gasteiger partial charge on any atom is -0.444 e. The monoisotopic (exact) mass is 378 g/mol. The number of carbonyl (C=O) groups excluding carboxylic acids is 2. The number of carbonyl (C=O) groups is 2. The first-order chi connectivity index (χ1) is 12.1. The molecule has 0 saturated carbocycles. The van der Waals surface area contributed by atoms with Gasteiger partial charge in [-0.05, 0) is 51.3 Å². The Morgan fingerprint density at radius 3 is 2.50 bits per heavy atom. The van der Waals surface area contributed by atoms with Crippen LogP contribution < -0.4 is 0 Å². The standard InChI is InChI=1S/C19H23ClN2O4/c1-18(2,3)26-17(24)22-9-7-19(8-10-22,12-16(23)25-13-21)14-5-4-6-15(20)11-14/h4-6,11H,7-10,12H2,1-3H3. The van der Waals surface area contributed by atoms with E-state index in [1.807, 2.05) is 39.0 Å². The molecule has 1 heterocycles. The number of nitrogens with zero attached hydrogens (tertiary/aromatic N) is 2. The normalized spacial score (nSPS) is 16.5. The van der Waals surface area contributed by atoms with Crippen LogP contribution >= 0.6 is 11.6 Å². The van der Waals surface area contributed by atoms with Gasteiger partial charge in [-0.2, -0.15) is 0 Å². The first-order valence-corrected chi connectivity index (χ1v) is 8.86. The Morgan fingerprint density at radius 2 is 1.96 bits per heavy atom. The number of amides is 1. The van der Waals surface area contributed by atoms with Crippen molar-refractivity contribution < 1.29 is 19.1 Å². The highest BCUT2D eigenvalue weighted by Gasteiger charge is 2.40. The summed E-state index contributed by atoms with van der Waals surface area (Å²) in [6.45, 7) is 6.36. The number of nitriles is 1. The van der Waals surface area contributed by atoms with Crippen LogP contribution in [0, 0.1) is 11.5 Å². The second kappa shape index (κ2) is 7.96. The molecule has 1 amide bonds. The Balaban J connectivity index is 2.19. The van der Waals surface area contributed by atoms with Crippen molar-refractivity contribution in [1.82, 2.24) is 4.90 Å². The zero-order chi connectivity index (χ0) is 19.4. The highest BCUT2D eigenvalue weighted by Crippen LogP contribution is 2.40. The summed E-state index contributed by atoms with van der Waals surface area (Å²) in [7, 11) is 0. The predicted molar refractivity (Wildman–Crippen MR) is 96.5 cm³/mol. The van der Waals surface area contributed by atoms with Crippen molar-refractivity contribution in [3.8, 4) is 6.26 Å². The third kappa shape index (κ3) is 5.12. The second-order valence-electron chi connectivity index (χ2n) is 7.50.